The number of amides is 1. The minimum atomic E-state index is -0.450. The van der Waals surface area contributed by atoms with Gasteiger partial charge in [-0.2, -0.15) is 0 Å². The highest BCUT2D eigenvalue weighted by atomic mass is 35.5. The van der Waals surface area contributed by atoms with Crippen molar-refractivity contribution in [1.82, 2.24) is 14.5 Å². The van der Waals surface area contributed by atoms with Crippen LogP contribution in [0.5, 0.6) is 0 Å². The van der Waals surface area contributed by atoms with Gasteiger partial charge in [0.25, 0.3) is 5.56 Å². The summed E-state index contributed by atoms with van der Waals surface area (Å²) in [4.78, 5) is 32.6. The number of benzene rings is 2. The van der Waals surface area contributed by atoms with Crippen LogP contribution in [0.1, 0.15) is 35.2 Å². The van der Waals surface area contributed by atoms with Crippen molar-refractivity contribution >= 4 is 23.6 Å². The van der Waals surface area contributed by atoms with Crippen LogP contribution in [0.15, 0.2) is 59.4 Å². The van der Waals surface area contributed by atoms with Crippen LogP contribution in [-0.2, 0) is 30.9 Å². The van der Waals surface area contributed by atoms with E-state index in [1.54, 1.807) is 21.6 Å². The molecule has 0 saturated heterocycles. The third-order valence-corrected chi connectivity index (χ3v) is 6.15. The Balaban J connectivity index is 1.55. The Bertz CT molecular complexity index is 1200. The highest BCUT2D eigenvalue weighted by molar-refractivity contribution is 6.30. The van der Waals surface area contributed by atoms with Gasteiger partial charge in [0.15, 0.2) is 0 Å². The zero-order valence-corrected chi connectivity index (χ0v) is 20.2. The standard InChI is InChI=1S/C26H29ClN4O4/c27-21-10-8-19(9-11-21)16-31-24(33)22-17-30(26(34)35-18-20-6-2-1-3-7-20)14-12-23(22)29-25(31)28-13-4-5-15-32/h1-3,6-11,32H,4-5,12-18H2,(H,28,29). The monoisotopic (exact) mass is 496 g/mol. The number of unbranched alkanes of at least 4 members (excludes halogenated alkanes) is 1. The summed E-state index contributed by atoms with van der Waals surface area (Å²) in [5.74, 6) is 0.488. The number of carbonyl (C=O) groups is 1. The van der Waals surface area contributed by atoms with E-state index in [0.29, 0.717) is 54.7 Å². The van der Waals surface area contributed by atoms with Crippen molar-refractivity contribution in [2.45, 2.75) is 39.0 Å². The number of nitrogens with zero attached hydrogens (tertiary/aromatic N) is 3. The molecular weight excluding hydrogens is 468 g/mol. The number of fused-ring (bicyclic) bond motifs is 1. The van der Waals surface area contributed by atoms with E-state index in [1.165, 1.54) is 0 Å². The fourth-order valence-corrected chi connectivity index (χ4v) is 4.10. The molecule has 1 aliphatic heterocycles. The van der Waals surface area contributed by atoms with Gasteiger partial charge in [-0.15, -0.1) is 0 Å². The van der Waals surface area contributed by atoms with Crippen molar-refractivity contribution in [1.29, 1.82) is 0 Å². The van der Waals surface area contributed by atoms with Crippen LogP contribution >= 0.6 is 11.6 Å². The van der Waals surface area contributed by atoms with E-state index >= 15 is 0 Å². The smallest absolute Gasteiger partial charge is 0.410 e. The average Bonchev–Trinajstić information content (AvgIpc) is 2.89. The Kier molecular flexibility index (Phi) is 8.39. The van der Waals surface area contributed by atoms with E-state index < -0.39 is 6.09 Å². The van der Waals surface area contributed by atoms with Gasteiger partial charge in [0.05, 0.1) is 24.3 Å². The number of carbonyl (C=O) groups excluding carboxylic acids is 1. The van der Waals surface area contributed by atoms with Gasteiger partial charge in [-0.1, -0.05) is 54.1 Å². The van der Waals surface area contributed by atoms with Crippen molar-refractivity contribution in [2.24, 2.45) is 0 Å². The second-order valence-electron chi connectivity index (χ2n) is 8.45. The Morgan fingerprint density at radius 1 is 1.09 bits per heavy atom. The van der Waals surface area contributed by atoms with Crippen molar-refractivity contribution in [3.8, 4) is 0 Å². The topological polar surface area (TPSA) is 96.7 Å². The molecule has 0 saturated carbocycles. The first-order valence-electron chi connectivity index (χ1n) is 11.7. The first kappa shape index (κ1) is 24.8. The van der Waals surface area contributed by atoms with Crippen molar-refractivity contribution in [3.05, 3.63) is 92.4 Å². The first-order chi connectivity index (χ1) is 17.0. The molecule has 184 valence electrons. The lowest BCUT2D eigenvalue weighted by atomic mass is 10.1. The minimum Gasteiger partial charge on any atom is -0.445 e. The maximum absolute atomic E-state index is 13.6. The molecule has 0 fully saturated rings. The molecule has 1 aromatic heterocycles. The maximum atomic E-state index is 13.6. The number of anilines is 1. The summed E-state index contributed by atoms with van der Waals surface area (Å²) < 4.78 is 7.07. The van der Waals surface area contributed by atoms with Gasteiger partial charge in [0, 0.05) is 31.1 Å². The van der Waals surface area contributed by atoms with E-state index in [9.17, 15) is 9.59 Å². The largest absolute Gasteiger partial charge is 0.445 e. The number of hydrogen-bond acceptors (Lipinski definition) is 6. The second kappa shape index (κ2) is 11.9. The third kappa shape index (κ3) is 6.41. The summed E-state index contributed by atoms with van der Waals surface area (Å²) in [6.07, 6.45) is 1.44. The molecule has 1 amide bonds. The van der Waals surface area contributed by atoms with Crippen LogP contribution in [0, 0.1) is 0 Å². The van der Waals surface area contributed by atoms with Crippen molar-refractivity contribution in [3.63, 3.8) is 0 Å². The predicted octanol–water partition coefficient (Wildman–Crippen LogP) is 3.82. The van der Waals surface area contributed by atoms with Crippen LogP contribution in [0.3, 0.4) is 0 Å². The molecule has 2 aromatic carbocycles. The summed E-state index contributed by atoms with van der Waals surface area (Å²) in [6.45, 7) is 1.78. The number of aliphatic hydroxyl groups is 1. The zero-order valence-electron chi connectivity index (χ0n) is 19.5. The van der Waals surface area contributed by atoms with Gasteiger partial charge in [0.2, 0.25) is 5.95 Å². The fourth-order valence-electron chi connectivity index (χ4n) is 3.97. The van der Waals surface area contributed by atoms with Crippen LogP contribution in [0.25, 0.3) is 0 Å². The van der Waals surface area contributed by atoms with E-state index in [4.69, 9.17) is 26.4 Å². The van der Waals surface area contributed by atoms with Crippen LogP contribution in [-0.4, -0.2) is 45.3 Å². The molecule has 35 heavy (non-hydrogen) atoms. The summed E-state index contributed by atoms with van der Waals surface area (Å²) in [7, 11) is 0. The van der Waals surface area contributed by atoms with Crippen LogP contribution < -0.4 is 10.9 Å². The normalized spacial score (nSPS) is 12.8. The van der Waals surface area contributed by atoms with Crippen LogP contribution in [0.4, 0.5) is 10.7 Å². The molecule has 4 rings (SSSR count). The van der Waals surface area contributed by atoms with Gasteiger partial charge >= 0.3 is 6.09 Å². The van der Waals surface area contributed by atoms with E-state index in [0.717, 1.165) is 17.5 Å². The lowest BCUT2D eigenvalue weighted by molar-refractivity contribution is 0.0913. The number of aromatic nitrogens is 2. The van der Waals surface area contributed by atoms with Gasteiger partial charge in [-0.05, 0) is 36.1 Å². The Morgan fingerprint density at radius 2 is 1.86 bits per heavy atom. The molecule has 2 N–H and O–H groups in total. The van der Waals surface area contributed by atoms with E-state index in [1.807, 2.05) is 42.5 Å². The van der Waals surface area contributed by atoms with Gasteiger partial charge in [0.1, 0.15) is 6.61 Å². The SMILES string of the molecule is O=C(OCc1ccccc1)N1CCc2nc(NCCCCO)n(Cc3ccc(Cl)cc3)c(=O)c2C1. The zero-order chi connectivity index (χ0) is 24.6. The first-order valence-corrected chi connectivity index (χ1v) is 12.1. The number of nitrogens with one attached hydrogen (secondary N) is 1. The van der Waals surface area contributed by atoms with Crippen molar-refractivity contribution in [2.75, 3.05) is 25.0 Å². The van der Waals surface area contributed by atoms with Gasteiger partial charge in [-0.3, -0.25) is 9.36 Å². The Morgan fingerprint density at radius 3 is 2.60 bits per heavy atom. The molecule has 3 aromatic rings. The number of ether oxygens (including phenoxy) is 1. The summed E-state index contributed by atoms with van der Waals surface area (Å²) in [6, 6.07) is 16.8. The number of aliphatic hydroxyl groups excluding tert-OH is 1. The summed E-state index contributed by atoms with van der Waals surface area (Å²) >= 11 is 6.02. The molecule has 0 spiro atoms. The quantitative estimate of drug-likeness (QED) is 0.437. The Labute approximate surface area is 209 Å². The molecule has 0 aliphatic carbocycles. The fraction of sp³-hybridized carbons (Fsp3) is 0.346. The number of hydrogen-bond donors (Lipinski definition) is 2. The molecule has 9 heteroatoms. The van der Waals surface area contributed by atoms with Gasteiger partial charge < -0.3 is 20.1 Å². The summed E-state index contributed by atoms with van der Waals surface area (Å²) in [5.41, 5.74) is 2.82. The molecular formula is C26H29ClN4O4. The highest BCUT2D eigenvalue weighted by Crippen LogP contribution is 2.19. The van der Waals surface area contributed by atoms with Crippen LogP contribution in [0.2, 0.25) is 5.02 Å². The molecule has 0 bridgehead atoms. The molecule has 1 aliphatic rings. The molecule has 0 atom stereocenters. The average molecular weight is 497 g/mol. The highest BCUT2D eigenvalue weighted by Gasteiger charge is 2.27. The lowest BCUT2D eigenvalue weighted by Gasteiger charge is -2.28. The van der Waals surface area contributed by atoms with Crippen molar-refractivity contribution < 1.29 is 14.6 Å². The molecule has 2 heterocycles. The molecule has 8 nitrogen and oxygen atoms in total. The molecule has 0 unspecified atom stereocenters. The number of halogens is 1. The second-order valence-corrected chi connectivity index (χ2v) is 8.88. The number of rotatable bonds is 9. The molecule has 0 radical (unpaired) electrons. The van der Waals surface area contributed by atoms with E-state index in [-0.39, 0.29) is 25.3 Å². The maximum Gasteiger partial charge on any atom is 0.410 e. The summed E-state index contributed by atoms with van der Waals surface area (Å²) in [5, 5.41) is 12.9. The predicted molar refractivity (Wildman–Crippen MR) is 135 cm³/mol. The van der Waals surface area contributed by atoms with Gasteiger partial charge in [-0.25, -0.2) is 9.78 Å². The van der Waals surface area contributed by atoms with E-state index in [2.05, 4.69) is 5.32 Å². The minimum absolute atomic E-state index is 0.118. The third-order valence-electron chi connectivity index (χ3n) is 5.90. The lowest BCUT2D eigenvalue weighted by Crippen LogP contribution is -2.42. The Hall–Kier alpha value is -3.36.